The lowest BCUT2D eigenvalue weighted by Crippen LogP contribution is -2.50. The molecule has 2 fully saturated rings. The van der Waals surface area contributed by atoms with Crippen molar-refractivity contribution in [3.05, 3.63) is 29.3 Å². The van der Waals surface area contributed by atoms with Gasteiger partial charge in [0.05, 0.1) is 18.2 Å². The van der Waals surface area contributed by atoms with E-state index in [0.717, 1.165) is 51.1 Å². The molecule has 1 aromatic carbocycles. The average molecular weight is 342 g/mol. The van der Waals surface area contributed by atoms with Crippen LogP contribution in [-0.4, -0.2) is 56.7 Å². The topological polar surface area (TPSA) is 68.6 Å². The van der Waals surface area contributed by atoms with Crippen molar-refractivity contribution >= 4 is 11.6 Å². The second-order valence-corrected chi connectivity index (χ2v) is 6.74. The standard InChI is InChI=1S/C19H26N4O2/c1-25-14-16-12-15(13-20)2-4-18(16)23-10-8-22(9-11-23)17-3-5-19(24)21-7-6-17/h2,4,12,17H,3,5-11,14H2,1H3,(H,21,24). The molecule has 0 spiro atoms. The second kappa shape index (κ2) is 8.32. The van der Waals surface area contributed by atoms with E-state index in [0.29, 0.717) is 24.6 Å². The Hall–Kier alpha value is -2.10. The van der Waals surface area contributed by atoms with Crippen LogP contribution in [0.5, 0.6) is 0 Å². The van der Waals surface area contributed by atoms with Gasteiger partial charge in [0.1, 0.15) is 0 Å². The molecule has 6 heteroatoms. The highest BCUT2D eigenvalue weighted by Crippen LogP contribution is 2.25. The van der Waals surface area contributed by atoms with E-state index in [-0.39, 0.29) is 5.91 Å². The Bertz CT molecular complexity index is 647. The number of piperazine rings is 1. The van der Waals surface area contributed by atoms with E-state index in [1.807, 2.05) is 18.2 Å². The molecule has 2 aliphatic heterocycles. The lowest BCUT2D eigenvalue weighted by atomic mass is 10.0. The molecule has 134 valence electrons. The largest absolute Gasteiger partial charge is 0.380 e. The number of anilines is 1. The Kier molecular flexibility index (Phi) is 5.90. The van der Waals surface area contributed by atoms with E-state index in [4.69, 9.17) is 10.00 Å². The van der Waals surface area contributed by atoms with Gasteiger partial charge < -0.3 is 15.0 Å². The number of nitrogens with zero attached hydrogens (tertiary/aromatic N) is 3. The molecule has 0 radical (unpaired) electrons. The van der Waals surface area contributed by atoms with Crippen molar-refractivity contribution in [2.24, 2.45) is 0 Å². The molecule has 1 unspecified atom stereocenters. The number of methoxy groups -OCH3 is 1. The molecule has 6 nitrogen and oxygen atoms in total. The minimum absolute atomic E-state index is 0.183. The van der Waals surface area contributed by atoms with E-state index >= 15 is 0 Å². The van der Waals surface area contributed by atoms with Crippen molar-refractivity contribution in [2.75, 3.05) is 44.7 Å². The summed E-state index contributed by atoms with van der Waals surface area (Å²) in [6, 6.07) is 8.54. The third-order valence-corrected chi connectivity index (χ3v) is 5.18. The number of amides is 1. The van der Waals surface area contributed by atoms with Gasteiger partial charge in [-0.1, -0.05) is 0 Å². The maximum absolute atomic E-state index is 11.5. The lowest BCUT2D eigenvalue weighted by molar-refractivity contribution is -0.120. The number of rotatable bonds is 4. The fraction of sp³-hybridized carbons (Fsp3) is 0.579. The zero-order valence-electron chi connectivity index (χ0n) is 14.8. The average Bonchev–Trinajstić information content (AvgIpc) is 2.87. The van der Waals surface area contributed by atoms with Crippen LogP contribution >= 0.6 is 0 Å². The van der Waals surface area contributed by atoms with Crippen molar-refractivity contribution < 1.29 is 9.53 Å². The number of nitriles is 1. The predicted molar refractivity (Wildman–Crippen MR) is 96.3 cm³/mol. The monoisotopic (exact) mass is 342 g/mol. The number of nitrogens with one attached hydrogen (secondary N) is 1. The van der Waals surface area contributed by atoms with E-state index in [9.17, 15) is 4.79 Å². The van der Waals surface area contributed by atoms with Crippen LogP contribution in [0.15, 0.2) is 18.2 Å². The van der Waals surface area contributed by atoms with Crippen LogP contribution in [0.2, 0.25) is 0 Å². The highest BCUT2D eigenvalue weighted by molar-refractivity contribution is 5.76. The first kappa shape index (κ1) is 17.7. The fourth-order valence-electron chi connectivity index (χ4n) is 3.84. The third-order valence-electron chi connectivity index (χ3n) is 5.18. The summed E-state index contributed by atoms with van der Waals surface area (Å²) in [5.41, 5.74) is 2.91. The zero-order chi connectivity index (χ0) is 17.6. The van der Waals surface area contributed by atoms with Gasteiger partial charge in [-0.3, -0.25) is 9.69 Å². The van der Waals surface area contributed by atoms with Crippen LogP contribution in [-0.2, 0) is 16.1 Å². The quantitative estimate of drug-likeness (QED) is 0.898. The van der Waals surface area contributed by atoms with Gasteiger partial charge in [0.2, 0.25) is 5.91 Å². The van der Waals surface area contributed by atoms with Crippen LogP contribution in [0, 0.1) is 11.3 Å². The number of benzene rings is 1. The molecule has 1 N–H and O–H groups in total. The molecule has 2 aliphatic rings. The number of ether oxygens (including phenoxy) is 1. The number of hydrogen-bond donors (Lipinski definition) is 1. The Labute approximate surface area is 149 Å². The smallest absolute Gasteiger partial charge is 0.220 e. The summed E-state index contributed by atoms with van der Waals surface area (Å²) in [5, 5.41) is 12.1. The van der Waals surface area contributed by atoms with Gasteiger partial charge in [0.15, 0.2) is 0 Å². The van der Waals surface area contributed by atoms with Gasteiger partial charge in [0, 0.05) is 63.5 Å². The molecule has 25 heavy (non-hydrogen) atoms. The fourth-order valence-corrected chi connectivity index (χ4v) is 3.84. The van der Waals surface area contributed by atoms with Crippen molar-refractivity contribution in [2.45, 2.75) is 31.9 Å². The summed E-state index contributed by atoms with van der Waals surface area (Å²) in [6.07, 6.45) is 2.63. The molecular formula is C19H26N4O2. The molecule has 0 bridgehead atoms. The van der Waals surface area contributed by atoms with Crippen molar-refractivity contribution in [3.8, 4) is 6.07 Å². The summed E-state index contributed by atoms with van der Waals surface area (Å²) in [5.74, 6) is 0.183. The molecule has 2 heterocycles. The Balaban J connectivity index is 1.64. The summed E-state index contributed by atoms with van der Waals surface area (Å²) in [7, 11) is 1.68. The zero-order valence-corrected chi connectivity index (χ0v) is 14.8. The first-order valence-electron chi connectivity index (χ1n) is 8.99. The molecule has 1 aromatic rings. The van der Waals surface area contributed by atoms with Crippen LogP contribution < -0.4 is 10.2 Å². The van der Waals surface area contributed by atoms with Crippen molar-refractivity contribution in [3.63, 3.8) is 0 Å². The van der Waals surface area contributed by atoms with E-state index in [2.05, 4.69) is 21.2 Å². The number of carbonyl (C=O) groups is 1. The second-order valence-electron chi connectivity index (χ2n) is 6.74. The molecule has 0 saturated carbocycles. The first-order chi connectivity index (χ1) is 12.2. The SMILES string of the molecule is COCc1cc(C#N)ccc1N1CCN(C2CCNC(=O)CC2)CC1. The molecule has 1 atom stereocenters. The van der Waals surface area contributed by atoms with E-state index in [1.165, 1.54) is 5.69 Å². The Morgan fingerprint density at radius 1 is 1.28 bits per heavy atom. The molecule has 3 rings (SSSR count). The Morgan fingerprint density at radius 2 is 2.08 bits per heavy atom. The summed E-state index contributed by atoms with van der Waals surface area (Å²) >= 11 is 0. The molecule has 2 saturated heterocycles. The van der Waals surface area contributed by atoms with Gasteiger partial charge >= 0.3 is 0 Å². The van der Waals surface area contributed by atoms with Crippen molar-refractivity contribution in [1.29, 1.82) is 5.26 Å². The predicted octanol–water partition coefficient (Wildman–Crippen LogP) is 1.50. The number of carbonyl (C=O) groups excluding carboxylic acids is 1. The number of hydrogen-bond acceptors (Lipinski definition) is 5. The highest BCUT2D eigenvalue weighted by atomic mass is 16.5. The van der Waals surface area contributed by atoms with Gasteiger partial charge in [-0.25, -0.2) is 0 Å². The summed E-state index contributed by atoms with van der Waals surface area (Å²) in [6.45, 7) is 5.23. The first-order valence-corrected chi connectivity index (χ1v) is 8.99. The maximum atomic E-state index is 11.5. The summed E-state index contributed by atoms with van der Waals surface area (Å²) in [4.78, 5) is 16.4. The van der Waals surface area contributed by atoms with E-state index < -0.39 is 0 Å². The molecule has 1 amide bonds. The minimum Gasteiger partial charge on any atom is -0.380 e. The van der Waals surface area contributed by atoms with Crippen LogP contribution in [0.25, 0.3) is 0 Å². The Morgan fingerprint density at radius 3 is 2.80 bits per heavy atom. The summed E-state index contributed by atoms with van der Waals surface area (Å²) < 4.78 is 5.31. The van der Waals surface area contributed by atoms with E-state index in [1.54, 1.807) is 7.11 Å². The molecule has 0 aliphatic carbocycles. The van der Waals surface area contributed by atoms with Crippen molar-refractivity contribution in [1.82, 2.24) is 10.2 Å². The van der Waals surface area contributed by atoms with Gasteiger partial charge in [-0.05, 0) is 31.0 Å². The minimum atomic E-state index is 0.183. The van der Waals surface area contributed by atoms with Crippen LogP contribution in [0.1, 0.15) is 30.4 Å². The van der Waals surface area contributed by atoms with Gasteiger partial charge in [-0.2, -0.15) is 5.26 Å². The third kappa shape index (κ3) is 4.30. The highest BCUT2D eigenvalue weighted by Gasteiger charge is 2.26. The van der Waals surface area contributed by atoms with Crippen LogP contribution in [0.3, 0.4) is 0 Å². The van der Waals surface area contributed by atoms with Gasteiger partial charge in [-0.15, -0.1) is 0 Å². The normalized spacial score (nSPS) is 22.2. The molecule has 0 aromatic heterocycles. The van der Waals surface area contributed by atoms with Crippen LogP contribution in [0.4, 0.5) is 5.69 Å². The lowest BCUT2D eigenvalue weighted by Gasteiger charge is -2.40. The van der Waals surface area contributed by atoms with Gasteiger partial charge in [0.25, 0.3) is 0 Å². The molecular weight excluding hydrogens is 316 g/mol. The maximum Gasteiger partial charge on any atom is 0.220 e.